The second-order valence-electron chi connectivity index (χ2n) is 7.24. The van der Waals surface area contributed by atoms with Crippen molar-refractivity contribution < 1.29 is 4.79 Å². The summed E-state index contributed by atoms with van der Waals surface area (Å²) in [5.74, 6) is 0.0346. The van der Waals surface area contributed by atoms with E-state index in [1.54, 1.807) is 17.1 Å². The minimum atomic E-state index is 0.0346. The van der Waals surface area contributed by atoms with E-state index in [4.69, 9.17) is 5.26 Å². The molecule has 1 amide bonds. The van der Waals surface area contributed by atoms with Crippen LogP contribution in [-0.4, -0.2) is 51.7 Å². The molecule has 0 spiro atoms. The van der Waals surface area contributed by atoms with Crippen LogP contribution in [0, 0.1) is 11.3 Å². The van der Waals surface area contributed by atoms with Crippen molar-refractivity contribution in [2.75, 3.05) is 26.2 Å². The molecule has 0 radical (unpaired) electrons. The van der Waals surface area contributed by atoms with E-state index in [0.717, 1.165) is 38.3 Å². The molecule has 1 aliphatic heterocycles. The predicted octanol–water partition coefficient (Wildman–Crippen LogP) is 3.09. The highest BCUT2D eigenvalue weighted by molar-refractivity contribution is 5.93. The lowest BCUT2D eigenvalue weighted by molar-refractivity contribution is 0.0761. The van der Waals surface area contributed by atoms with E-state index >= 15 is 0 Å². The number of hydrogen-bond donors (Lipinski definition) is 0. The summed E-state index contributed by atoms with van der Waals surface area (Å²) in [6.07, 6.45) is 4.39. The van der Waals surface area contributed by atoms with Crippen LogP contribution in [0.25, 0.3) is 5.69 Å². The van der Waals surface area contributed by atoms with E-state index in [9.17, 15) is 4.79 Å². The third kappa shape index (κ3) is 4.53. The monoisotopic (exact) mass is 385 g/mol. The van der Waals surface area contributed by atoms with Crippen LogP contribution in [0.1, 0.15) is 27.9 Å². The molecule has 0 aliphatic carbocycles. The molecule has 1 aromatic heterocycles. The van der Waals surface area contributed by atoms with Gasteiger partial charge in [0.2, 0.25) is 0 Å². The second kappa shape index (κ2) is 8.72. The molecule has 1 saturated heterocycles. The van der Waals surface area contributed by atoms with Crippen molar-refractivity contribution >= 4 is 5.91 Å². The molecule has 29 heavy (non-hydrogen) atoms. The highest BCUT2D eigenvalue weighted by Crippen LogP contribution is 2.14. The first-order valence-electron chi connectivity index (χ1n) is 9.84. The Kier molecular flexibility index (Phi) is 5.68. The van der Waals surface area contributed by atoms with Gasteiger partial charge in [0.05, 0.1) is 29.1 Å². The first-order chi connectivity index (χ1) is 14.2. The van der Waals surface area contributed by atoms with Crippen molar-refractivity contribution in [2.24, 2.45) is 0 Å². The van der Waals surface area contributed by atoms with Crippen LogP contribution in [0.2, 0.25) is 0 Å². The van der Waals surface area contributed by atoms with E-state index < -0.39 is 0 Å². The number of nitrogens with zero attached hydrogens (tertiary/aromatic N) is 5. The Labute approximate surface area is 170 Å². The average molecular weight is 385 g/mol. The zero-order valence-electron chi connectivity index (χ0n) is 16.2. The molecule has 0 N–H and O–H groups in total. The molecule has 6 nitrogen and oxygen atoms in total. The number of amides is 1. The predicted molar refractivity (Wildman–Crippen MR) is 111 cm³/mol. The van der Waals surface area contributed by atoms with E-state index in [-0.39, 0.29) is 5.91 Å². The molecule has 6 heteroatoms. The van der Waals surface area contributed by atoms with Gasteiger partial charge in [-0.2, -0.15) is 10.4 Å². The molecular weight excluding hydrogens is 362 g/mol. The van der Waals surface area contributed by atoms with Gasteiger partial charge in [0, 0.05) is 38.9 Å². The van der Waals surface area contributed by atoms with E-state index in [2.05, 4.69) is 16.1 Å². The molecular formula is C23H23N5O. The Bertz CT molecular complexity index is 1000. The molecule has 4 rings (SSSR count). The van der Waals surface area contributed by atoms with Crippen LogP contribution < -0.4 is 0 Å². The molecule has 2 aromatic carbocycles. The van der Waals surface area contributed by atoms with Crippen molar-refractivity contribution in [3.8, 4) is 11.8 Å². The maximum Gasteiger partial charge on any atom is 0.257 e. The summed E-state index contributed by atoms with van der Waals surface area (Å²) in [5, 5.41) is 13.3. The minimum absolute atomic E-state index is 0.0346. The highest BCUT2D eigenvalue weighted by Gasteiger charge is 2.21. The molecule has 1 aliphatic rings. The lowest BCUT2D eigenvalue weighted by Crippen LogP contribution is -2.35. The van der Waals surface area contributed by atoms with Gasteiger partial charge in [0.15, 0.2) is 0 Å². The number of carbonyl (C=O) groups excluding carboxylic acids is 1. The highest BCUT2D eigenvalue weighted by atomic mass is 16.2. The first-order valence-corrected chi connectivity index (χ1v) is 9.84. The summed E-state index contributed by atoms with van der Waals surface area (Å²) >= 11 is 0. The Morgan fingerprint density at radius 3 is 2.55 bits per heavy atom. The molecule has 0 unspecified atom stereocenters. The van der Waals surface area contributed by atoms with Crippen LogP contribution >= 0.6 is 0 Å². The van der Waals surface area contributed by atoms with Gasteiger partial charge in [0.25, 0.3) is 5.91 Å². The van der Waals surface area contributed by atoms with Gasteiger partial charge in [-0.3, -0.25) is 9.69 Å². The smallest absolute Gasteiger partial charge is 0.257 e. The number of aromatic nitrogens is 2. The number of carbonyl (C=O) groups is 1. The third-order valence-corrected chi connectivity index (χ3v) is 5.22. The Balaban J connectivity index is 1.37. The van der Waals surface area contributed by atoms with Gasteiger partial charge < -0.3 is 4.90 Å². The molecule has 0 atom stereocenters. The largest absolute Gasteiger partial charge is 0.337 e. The normalized spacial score (nSPS) is 14.9. The van der Waals surface area contributed by atoms with Crippen molar-refractivity contribution in [3.63, 3.8) is 0 Å². The van der Waals surface area contributed by atoms with Crippen LogP contribution in [0.4, 0.5) is 0 Å². The zero-order valence-corrected chi connectivity index (χ0v) is 16.2. The second-order valence-corrected chi connectivity index (χ2v) is 7.24. The van der Waals surface area contributed by atoms with Gasteiger partial charge in [-0.05, 0) is 36.2 Å². The molecule has 1 fully saturated rings. The third-order valence-electron chi connectivity index (χ3n) is 5.22. The zero-order chi connectivity index (χ0) is 20.1. The van der Waals surface area contributed by atoms with Crippen LogP contribution in [-0.2, 0) is 6.54 Å². The lowest BCUT2D eigenvalue weighted by Gasteiger charge is -2.21. The first kappa shape index (κ1) is 18.9. The average Bonchev–Trinajstić information content (AvgIpc) is 3.15. The summed E-state index contributed by atoms with van der Waals surface area (Å²) in [6, 6.07) is 19.7. The van der Waals surface area contributed by atoms with Gasteiger partial charge >= 0.3 is 0 Å². The molecule has 146 valence electrons. The number of rotatable bonds is 4. The SMILES string of the molecule is N#Cc1ccc(CN2CCCN(C(=O)c3cnn(-c4ccccc4)c3)CC2)cc1. The quantitative estimate of drug-likeness (QED) is 0.692. The van der Waals surface area contributed by atoms with Crippen LogP contribution in [0.5, 0.6) is 0 Å². The van der Waals surface area contributed by atoms with Gasteiger partial charge in [-0.15, -0.1) is 0 Å². The van der Waals surface area contributed by atoms with Crippen LogP contribution in [0.15, 0.2) is 67.0 Å². The standard InChI is InChI=1S/C23H23N5O/c24-15-19-7-9-20(10-8-19)17-26-11-4-12-27(14-13-26)23(29)21-16-25-28(18-21)22-5-2-1-3-6-22/h1-3,5-10,16,18H,4,11-14,17H2. The number of benzene rings is 2. The number of nitriles is 1. The Hall–Kier alpha value is -3.43. The van der Waals surface area contributed by atoms with Crippen molar-refractivity contribution in [1.29, 1.82) is 5.26 Å². The minimum Gasteiger partial charge on any atom is -0.337 e. The molecule has 0 bridgehead atoms. The summed E-state index contributed by atoms with van der Waals surface area (Å²) in [6.45, 7) is 4.07. The van der Waals surface area contributed by atoms with Crippen molar-refractivity contribution in [3.05, 3.63) is 83.7 Å². The fourth-order valence-electron chi connectivity index (χ4n) is 3.61. The number of para-hydroxylation sites is 1. The van der Waals surface area contributed by atoms with Crippen molar-refractivity contribution in [1.82, 2.24) is 19.6 Å². The van der Waals surface area contributed by atoms with Crippen LogP contribution in [0.3, 0.4) is 0 Å². The Morgan fingerprint density at radius 2 is 1.79 bits per heavy atom. The molecule has 0 saturated carbocycles. The summed E-state index contributed by atoms with van der Waals surface area (Å²) < 4.78 is 1.74. The Morgan fingerprint density at radius 1 is 1.00 bits per heavy atom. The summed E-state index contributed by atoms with van der Waals surface area (Å²) in [4.78, 5) is 17.2. The summed E-state index contributed by atoms with van der Waals surface area (Å²) in [7, 11) is 0. The number of hydrogen-bond acceptors (Lipinski definition) is 4. The topological polar surface area (TPSA) is 65.2 Å². The van der Waals surface area contributed by atoms with Gasteiger partial charge in [-0.1, -0.05) is 30.3 Å². The van der Waals surface area contributed by atoms with E-state index in [1.165, 1.54) is 5.56 Å². The lowest BCUT2D eigenvalue weighted by atomic mass is 10.1. The summed E-state index contributed by atoms with van der Waals surface area (Å²) in [5.41, 5.74) is 3.43. The molecule has 3 aromatic rings. The molecule has 2 heterocycles. The van der Waals surface area contributed by atoms with E-state index in [1.807, 2.05) is 59.5 Å². The fourth-order valence-corrected chi connectivity index (χ4v) is 3.61. The maximum absolute atomic E-state index is 13.0. The maximum atomic E-state index is 13.0. The van der Waals surface area contributed by atoms with Gasteiger partial charge in [-0.25, -0.2) is 4.68 Å². The van der Waals surface area contributed by atoms with E-state index in [0.29, 0.717) is 17.7 Å². The fraction of sp³-hybridized carbons (Fsp3) is 0.261. The van der Waals surface area contributed by atoms with Crippen molar-refractivity contribution in [2.45, 2.75) is 13.0 Å². The van der Waals surface area contributed by atoms with Gasteiger partial charge in [0.1, 0.15) is 0 Å².